The number of rotatable bonds is 19. The first kappa shape index (κ1) is 66.9. The summed E-state index contributed by atoms with van der Waals surface area (Å²) in [6.45, 7) is 17.1. The summed E-state index contributed by atoms with van der Waals surface area (Å²) < 4.78 is 144. The van der Waals surface area contributed by atoms with Crippen molar-refractivity contribution in [3.63, 3.8) is 0 Å². The number of allylic oxidation sites excluding steroid dienone is 3. The zero-order valence-electron chi connectivity index (χ0n) is 49.1. The first-order valence-corrected chi connectivity index (χ1v) is 31.7. The smallest absolute Gasteiger partial charge is 0.397 e. The summed E-state index contributed by atoms with van der Waals surface area (Å²) in [6, 6.07) is 0. The topological polar surface area (TPSA) is 404 Å². The Balaban J connectivity index is 0.927. The van der Waals surface area contributed by atoms with Crippen molar-refractivity contribution in [2.24, 2.45) is 39.4 Å². The van der Waals surface area contributed by atoms with Crippen LogP contribution in [0.3, 0.4) is 0 Å². The van der Waals surface area contributed by atoms with Gasteiger partial charge in [0.15, 0.2) is 31.3 Å². The molecule has 5 saturated heterocycles. The van der Waals surface area contributed by atoms with Crippen LogP contribution < -0.4 is 0 Å². The van der Waals surface area contributed by atoms with Gasteiger partial charge in [-0.05, 0) is 101 Å². The summed E-state index contributed by atoms with van der Waals surface area (Å²) >= 11 is 0. The predicted molar refractivity (Wildman–Crippen MR) is 286 cm³/mol. The van der Waals surface area contributed by atoms with Crippen LogP contribution in [0.1, 0.15) is 113 Å². The van der Waals surface area contributed by atoms with Crippen LogP contribution in [0.5, 0.6) is 0 Å². The second-order valence-electron chi connectivity index (χ2n) is 26.1. The van der Waals surface area contributed by atoms with Gasteiger partial charge in [-0.15, -0.1) is 6.58 Å². The molecule has 27 atom stereocenters. The van der Waals surface area contributed by atoms with Gasteiger partial charge in [-0.25, -0.2) is 8.37 Å². The van der Waals surface area contributed by atoms with E-state index in [0.29, 0.717) is 44.9 Å². The van der Waals surface area contributed by atoms with E-state index in [1.54, 1.807) is 0 Å². The van der Waals surface area contributed by atoms with Crippen molar-refractivity contribution in [1.29, 1.82) is 0 Å². The Morgan fingerprint density at radius 3 is 2.01 bits per heavy atom. The van der Waals surface area contributed by atoms with Crippen LogP contribution in [0, 0.1) is 39.4 Å². The summed E-state index contributed by atoms with van der Waals surface area (Å²) in [5.74, 6) is -1.11. The van der Waals surface area contributed by atoms with Crippen LogP contribution >= 0.6 is 0 Å². The van der Waals surface area contributed by atoms with Crippen molar-refractivity contribution in [3.05, 3.63) is 23.8 Å². The monoisotopic (exact) mass is 1260 g/mol. The Kier molecular flexibility index (Phi) is 19.4. The molecule has 85 heavy (non-hydrogen) atoms. The van der Waals surface area contributed by atoms with Gasteiger partial charge in [0.05, 0.1) is 43.4 Å². The van der Waals surface area contributed by atoms with Crippen LogP contribution in [0.4, 0.5) is 0 Å². The Hall–Kier alpha value is -2.48. The maximum atomic E-state index is 14.7. The fourth-order valence-corrected chi connectivity index (χ4v) is 17.6. The lowest BCUT2D eigenvalue weighted by Crippen LogP contribution is -2.66. The first-order chi connectivity index (χ1) is 39.5. The molecule has 27 unspecified atom stereocenters. The van der Waals surface area contributed by atoms with Crippen LogP contribution in [-0.2, 0) is 90.9 Å². The molecule has 3 saturated carbocycles. The summed E-state index contributed by atoms with van der Waals surface area (Å²) in [7, 11) is -9.54. The van der Waals surface area contributed by atoms with Crippen molar-refractivity contribution in [2.75, 3.05) is 26.9 Å². The lowest BCUT2D eigenvalue weighted by Gasteiger charge is -2.64. The van der Waals surface area contributed by atoms with Gasteiger partial charge < -0.3 is 87.9 Å². The highest BCUT2D eigenvalue weighted by Gasteiger charge is 2.79. The minimum absolute atomic E-state index is 0.00753. The van der Waals surface area contributed by atoms with Gasteiger partial charge in [0, 0.05) is 19.4 Å². The van der Waals surface area contributed by atoms with E-state index in [1.807, 2.05) is 13.8 Å². The molecular weight excluding hydrogens is 1170 g/mol. The standard InChI is InChI=1S/C55H86O28S2/c1-24(2)12-11-17-54(9)45-30(75-26(4)57)20-53(8)28-13-14-33-51(5,6)34(16-18-52(33,7)27(28)15-19-55(45,53)50(64)81-54)77-48-43(36(60)32(23-73-48)82-84(65,66)67)80-46-38(62)37(61)40(25(3)74-46)78-49-44(83-85(68,69)70)41(29(58)22-72-49)79-47-39(63)42(71-10)35(59)31(21-56)76-47/h13,25,27,29-49,56,58-63H,1,11-12,14-23H2,2-10H3,(H,65,66,67)(H,68,69,70). The SMILES string of the molecule is C=C(C)CCCC1(C)OC(=O)C23CCC4C(=CCC5C(C)(C)C(OC6OCC(OS(=O)(=O)O)C(O)C6OC6OC(C)C(OC7OCC(O)C(OC8OC(CO)C(O)C(OC)C8O)C7OS(=O)(=O)O)C(O)C6O)CCC45C)C2(C)CC(OC(C)=O)C13. The first-order valence-electron chi connectivity index (χ1n) is 29.0. The molecule has 5 aliphatic heterocycles. The number of carbonyl (C=O) groups is 2. The number of aliphatic hydroxyl groups is 7. The van der Waals surface area contributed by atoms with Gasteiger partial charge in [-0.3, -0.25) is 18.7 Å². The van der Waals surface area contributed by atoms with E-state index in [9.17, 15) is 71.3 Å². The van der Waals surface area contributed by atoms with Crippen LogP contribution in [0.25, 0.3) is 0 Å². The molecule has 486 valence electrons. The summed E-state index contributed by atoms with van der Waals surface area (Å²) in [5.41, 5.74) is -1.36. The number of carbonyl (C=O) groups excluding carboxylic acids is 2. The number of cyclic esters (lactones) is 1. The van der Waals surface area contributed by atoms with E-state index in [2.05, 4.69) is 40.3 Å². The molecule has 9 aliphatic rings. The zero-order valence-corrected chi connectivity index (χ0v) is 50.8. The number of methoxy groups -OCH3 is 1. The number of hydrogen-bond acceptors (Lipinski definition) is 26. The zero-order chi connectivity index (χ0) is 62.5. The molecule has 0 aromatic rings. The molecule has 0 radical (unpaired) electrons. The van der Waals surface area contributed by atoms with Gasteiger partial charge in [0.2, 0.25) is 0 Å². The molecule has 9 rings (SSSR count). The number of fused-ring (bicyclic) bond motifs is 4. The van der Waals surface area contributed by atoms with E-state index >= 15 is 0 Å². The van der Waals surface area contributed by atoms with Crippen molar-refractivity contribution in [1.82, 2.24) is 0 Å². The molecule has 8 fully saturated rings. The van der Waals surface area contributed by atoms with E-state index in [1.165, 1.54) is 13.8 Å². The van der Waals surface area contributed by atoms with Gasteiger partial charge in [0.25, 0.3) is 0 Å². The van der Waals surface area contributed by atoms with Gasteiger partial charge >= 0.3 is 32.7 Å². The molecule has 30 heteroatoms. The molecule has 0 bridgehead atoms. The van der Waals surface area contributed by atoms with Crippen LogP contribution in [-0.4, -0.2) is 229 Å². The van der Waals surface area contributed by atoms with E-state index in [-0.39, 0.29) is 29.1 Å². The summed E-state index contributed by atoms with van der Waals surface area (Å²) in [6.07, 6.45) is -25.8. The fraction of sp³-hybridized carbons (Fsp3) is 0.891. The molecular formula is C55H86O28S2. The molecule has 4 aliphatic carbocycles. The minimum atomic E-state index is -5.46. The third-order valence-corrected chi connectivity index (χ3v) is 21.4. The molecule has 5 heterocycles. The van der Waals surface area contributed by atoms with E-state index in [0.717, 1.165) is 31.1 Å². The maximum absolute atomic E-state index is 14.7. The highest BCUT2D eigenvalue weighted by atomic mass is 32.3. The average molecular weight is 1260 g/mol. The molecule has 9 N–H and O–H groups in total. The number of hydrogen-bond donors (Lipinski definition) is 9. The molecule has 1 spiro atoms. The average Bonchev–Trinajstić information content (AvgIpc) is 1.53. The number of ether oxygens (including phenoxy) is 11. The third kappa shape index (κ3) is 12.3. The van der Waals surface area contributed by atoms with Crippen molar-refractivity contribution in [3.8, 4) is 0 Å². The van der Waals surface area contributed by atoms with Gasteiger partial charge in [-0.2, -0.15) is 16.8 Å². The predicted octanol–water partition coefficient (Wildman–Crippen LogP) is 0.447. The number of esters is 2. The largest absolute Gasteiger partial charge is 0.462 e. The van der Waals surface area contributed by atoms with Crippen LogP contribution in [0.15, 0.2) is 23.8 Å². The molecule has 0 aromatic heterocycles. The van der Waals surface area contributed by atoms with Gasteiger partial charge in [-0.1, -0.05) is 44.9 Å². The Bertz CT molecular complexity index is 2710. The van der Waals surface area contributed by atoms with E-state index < -0.39 is 191 Å². The van der Waals surface area contributed by atoms with Crippen molar-refractivity contribution in [2.45, 2.75) is 242 Å². The third-order valence-electron chi connectivity index (χ3n) is 20.5. The van der Waals surface area contributed by atoms with Crippen molar-refractivity contribution < 1.29 is 132 Å². The molecule has 0 amide bonds. The van der Waals surface area contributed by atoms with Crippen LogP contribution in [0.2, 0.25) is 0 Å². The van der Waals surface area contributed by atoms with Gasteiger partial charge in [0.1, 0.15) is 85.0 Å². The molecule has 0 aromatic carbocycles. The van der Waals surface area contributed by atoms with Crippen molar-refractivity contribution >= 4 is 32.7 Å². The lowest BCUT2D eigenvalue weighted by molar-refractivity contribution is -0.380. The molecule has 28 nitrogen and oxygen atoms in total. The lowest BCUT2D eigenvalue weighted by atomic mass is 9.41. The Labute approximate surface area is 494 Å². The maximum Gasteiger partial charge on any atom is 0.397 e. The fourth-order valence-electron chi connectivity index (χ4n) is 16.6. The summed E-state index contributed by atoms with van der Waals surface area (Å²) in [5, 5.41) is 77.6. The highest BCUT2D eigenvalue weighted by Crippen LogP contribution is 2.77. The Morgan fingerprint density at radius 1 is 0.741 bits per heavy atom. The Morgan fingerprint density at radius 2 is 1.38 bits per heavy atom. The quantitative estimate of drug-likeness (QED) is 0.0481. The van der Waals surface area contributed by atoms with E-state index in [4.69, 9.17) is 60.5 Å². The minimum Gasteiger partial charge on any atom is -0.462 e. The normalized spacial score (nSPS) is 48.0. The number of aliphatic hydroxyl groups excluding tert-OH is 7. The second kappa shape index (κ2) is 24.6. The highest BCUT2D eigenvalue weighted by molar-refractivity contribution is 7.81. The summed E-state index contributed by atoms with van der Waals surface area (Å²) in [4.78, 5) is 27.5. The second-order valence-corrected chi connectivity index (χ2v) is 28.2.